The van der Waals surface area contributed by atoms with E-state index in [0.29, 0.717) is 30.3 Å². The molecule has 164 valence electrons. The lowest BCUT2D eigenvalue weighted by Gasteiger charge is -2.28. The zero-order valence-electron chi connectivity index (χ0n) is 17.6. The number of ether oxygens (including phenoxy) is 2. The summed E-state index contributed by atoms with van der Waals surface area (Å²) in [5.74, 6) is -0.775. The van der Waals surface area contributed by atoms with Crippen molar-refractivity contribution < 1.29 is 29.3 Å². The van der Waals surface area contributed by atoms with Gasteiger partial charge in [0.15, 0.2) is 18.1 Å². The van der Waals surface area contributed by atoms with Gasteiger partial charge in [0.2, 0.25) is 0 Å². The summed E-state index contributed by atoms with van der Waals surface area (Å²) < 4.78 is 10.7. The number of carboxylic acids is 1. The van der Waals surface area contributed by atoms with Crippen molar-refractivity contribution >= 4 is 11.9 Å². The maximum absolute atomic E-state index is 11.0. The number of carbonyl (C=O) groups is 2. The van der Waals surface area contributed by atoms with E-state index in [1.54, 1.807) is 13.0 Å². The van der Waals surface area contributed by atoms with E-state index in [2.05, 4.69) is 13.8 Å². The summed E-state index contributed by atoms with van der Waals surface area (Å²) in [5, 5.41) is 19.3. The number of rotatable bonds is 13. The minimum Gasteiger partial charge on any atom is -0.493 e. The summed E-state index contributed by atoms with van der Waals surface area (Å²) in [6.45, 7) is 5.48. The first-order valence-corrected chi connectivity index (χ1v) is 9.79. The number of nitrogens with two attached hydrogens (primary N) is 2. The van der Waals surface area contributed by atoms with Gasteiger partial charge in [-0.15, -0.1) is 0 Å². The molecule has 0 unspecified atom stereocenters. The lowest BCUT2D eigenvalue weighted by molar-refractivity contribution is -0.142. The Morgan fingerprint density at radius 3 is 2.31 bits per heavy atom. The molecule has 8 nitrogen and oxygen atoms in total. The van der Waals surface area contributed by atoms with E-state index in [9.17, 15) is 14.7 Å². The summed E-state index contributed by atoms with van der Waals surface area (Å²) in [5.41, 5.74) is 12.3. The zero-order chi connectivity index (χ0) is 22.1. The van der Waals surface area contributed by atoms with Crippen LogP contribution >= 0.6 is 0 Å². The monoisotopic (exact) mass is 410 g/mol. The molecule has 0 fully saturated rings. The van der Waals surface area contributed by atoms with Gasteiger partial charge in [-0.2, -0.15) is 0 Å². The first-order chi connectivity index (χ1) is 13.5. The normalized spacial score (nSPS) is 15.4. The number of hydrogen-bond acceptors (Lipinski definition) is 6. The molecule has 0 radical (unpaired) electrons. The summed E-state index contributed by atoms with van der Waals surface area (Å²) >= 11 is 0. The van der Waals surface area contributed by atoms with Crippen LogP contribution < -0.4 is 20.9 Å². The van der Waals surface area contributed by atoms with Gasteiger partial charge in [0.1, 0.15) is 0 Å². The molecule has 0 aliphatic rings. The SMILES string of the molecule is COc1ccc(C[C@@H](C[C@H](N)[C@@H](O)C[C@@H](C)C(=O)O)C(C)C)cc1OCC(N)=O. The molecule has 0 aliphatic heterocycles. The molecular formula is C21H34N2O6. The van der Waals surface area contributed by atoms with Gasteiger partial charge in [-0.1, -0.05) is 26.8 Å². The van der Waals surface area contributed by atoms with E-state index in [1.165, 1.54) is 7.11 Å². The molecule has 1 aromatic rings. The van der Waals surface area contributed by atoms with Crippen molar-refractivity contribution in [2.45, 2.75) is 52.2 Å². The van der Waals surface area contributed by atoms with Crippen molar-refractivity contribution in [2.75, 3.05) is 13.7 Å². The Morgan fingerprint density at radius 2 is 1.79 bits per heavy atom. The van der Waals surface area contributed by atoms with Crippen molar-refractivity contribution in [2.24, 2.45) is 29.2 Å². The van der Waals surface area contributed by atoms with Gasteiger partial charge in [-0.25, -0.2) is 0 Å². The van der Waals surface area contributed by atoms with Crippen molar-refractivity contribution in [1.82, 2.24) is 0 Å². The van der Waals surface area contributed by atoms with Gasteiger partial charge in [-0.3, -0.25) is 9.59 Å². The lowest BCUT2D eigenvalue weighted by Crippen LogP contribution is -2.39. The highest BCUT2D eigenvalue weighted by Crippen LogP contribution is 2.31. The summed E-state index contributed by atoms with van der Waals surface area (Å²) in [6.07, 6.45) is 0.473. The van der Waals surface area contributed by atoms with Gasteiger partial charge in [0.05, 0.1) is 19.1 Å². The van der Waals surface area contributed by atoms with Crippen LogP contribution in [0.5, 0.6) is 11.5 Å². The molecule has 0 spiro atoms. The molecule has 1 rings (SSSR count). The predicted molar refractivity (Wildman–Crippen MR) is 110 cm³/mol. The Labute approximate surface area is 172 Å². The van der Waals surface area contributed by atoms with Crippen LogP contribution in [0.3, 0.4) is 0 Å². The summed E-state index contributed by atoms with van der Waals surface area (Å²) in [7, 11) is 1.52. The number of hydrogen-bond donors (Lipinski definition) is 4. The number of amides is 1. The molecule has 0 aromatic heterocycles. The smallest absolute Gasteiger partial charge is 0.306 e. The third-order valence-electron chi connectivity index (χ3n) is 5.12. The molecule has 0 aliphatic carbocycles. The predicted octanol–water partition coefficient (Wildman–Crippen LogP) is 1.56. The standard InChI is InChI=1S/C21H34N2O6/c1-12(2)15(10-16(22)17(24)7-13(3)21(26)27)8-14-5-6-18(28-4)19(9-14)29-11-20(23)25/h5-6,9,12-13,15-17,24H,7-8,10-11,22H2,1-4H3,(H2,23,25)(H,26,27)/t13-,15+,16+,17+/m1/s1. The van der Waals surface area contributed by atoms with E-state index >= 15 is 0 Å². The summed E-state index contributed by atoms with van der Waals surface area (Å²) in [6, 6.07) is 4.98. The Hall–Kier alpha value is -2.32. The Balaban J connectivity index is 2.86. The van der Waals surface area contributed by atoms with Crippen molar-refractivity contribution in [3.05, 3.63) is 23.8 Å². The second-order valence-electron chi connectivity index (χ2n) is 7.89. The van der Waals surface area contributed by atoms with E-state index in [0.717, 1.165) is 5.56 Å². The zero-order valence-corrected chi connectivity index (χ0v) is 17.6. The van der Waals surface area contributed by atoms with Crippen LogP contribution in [0.1, 0.15) is 39.2 Å². The maximum atomic E-state index is 11.0. The fraction of sp³-hybridized carbons (Fsp3) is 0.619. The Bertz CT molecular complexity index is 679. The Morgan fingerprint density at radius 1 is 1.14 bits per heavy atom. The molecule has 4 atom stereocenters. The highest BCUT2D eigenvalue weighted by Gasteiger charge is 2.26. The van der Waals surface area contributed by atoms with Gasteiger partial charge in [0.25, 0.3) is 5.91 Å². The van der Waals surface area contributed by atoms with Crippen LogP contribution in [0, 0.1) is 17.8 Å². The number of methoxy groups -OCH3 is 1. The van der Waals surface area contributed by atoms with Crippen LogP contribution in [0.4, 0.5) is 0 Å². The number of aliphatic hydroxyl groups is 1. The van der Waals surface area contributed by atoms with E-state index in [4.69, 9.17) is 26.0 Å². The first kappa shape index (κ1) is 24.7. The fourth-order valence-electron chi connectivity index (χ4n) is 3.15. The molecular weight excluding hydrogens is 376 g/mol. The van der Waals surface area contributed by atoms with Crippen molar-refractivity contribution in [1.29, 1.82) is 0 Å². The minimum atomic E-state index is -0.946. The largest absolute Gasteiger partial charge is 0.493 e. The topological polar surface area (TPSA) is 145 Å². The molecule has 1 aromatic carbocycles. The number of carbonyl (C=O) groups excluding carboxylic acids is 1. The molecule has 0 heterocycles. The minimum absolute atomic E-state index is 0.120. The molecule has 1 amide bonds. The number of aliphatic carboxylic acids is 1. The average Bonchev–Trinajstić information content (AvgIpc) is 2.65. The third kappa shape index (κ3) is 8.29. The highest BCUT2D eigenvalue weighted by atomic mass is 16.5. The fourth-order valence-corrected chi connectivity index (χ4v) is 3.15. The van der Waals surface area contributed by atoms with Crippen molar-refractivity contribution in [3.63, 3.8) is 0 Å². The number of aliphatic hydroxyl groups excluding tert-OH is 1. The number of benzene rings is 1. The van der Waals surface area contributed by atoms with E-state index < -0.39 is 29.9 Å². The van der Waals surface area contributed by atoms with Gasteiger partial charge < -0.3 is 31.2 Å². The molecule has 0 bridgehead atoms. The van der Waals surface area contributed by atoms with Crippen LogP contribution in [-0.4, -0.2) is 48.0 Å². The quantitative estimate of drug-likeness (QED) is 0.386. The van der Waals surface area contributed by atoms with E-state index in [-0.39, 0.29) is 18.9 Å². The van der Waals surface area contributed by atoms with Crippen LogP contribution in [0.15, 0.2) is 18.2 Å². The van der Waals surface area contributed by atoms with Crippen LogP contribution in [-0.2, 0) is 16.0 Å². The molecule has 8 heteroatoms. The first-order valence-electron chi connectivity index (χ1n) is 9.79. The van der Waals surface area contributed by atoms with Gasteiger partial charge in [-0.05, 0) is 48.8 Å². The van der Waals surface area contributed by atoms with Crippen LogP contribution in [0.25, 0.3) is 0 Å². The second kappa shape index (κ2) is 11.6. The number of primary amides is 1. The maximum Gasteiger partial charge on any atom is 0.306 e. The van der Waals surface area contributed by atoms with E-state index in [1.807, 2.05) is 12.1 Å². The highest BCUT2D eigenvalue weighted by molar-refractivity contribution is 5.75. The third-order valence-corrected chi connectivity index (χ3v) is 5.12. The average molecular weight is 411 g/mol. The Kier molecular flexibility index (Phi) is 9.91. The van der Waals surface area contributed by atoms with Gasteiger partial charge in [0, 0.05) is 6.04 Å². The molecule has 29 heavy (non-hydrogen) atoms. The van der Waals surface area contributed by atoms with Crippen molar-refractivity contribution in [3.8, 4) is 11.5 Å². The molecule has 0 saturated heterocycles. The molecule has 0 saturated carbocycles. The summed E-state index contributed by atoms with van der Waals surface area (Å²) in [4.78, 5) is 22.0. The van der Waals surface area contributed by atoms with Gasteiger partial charge >= 0.3 is 5.97 Å². The number of carboxylic acid groups (broad SMARTS) is 1. The molecule has 6 N–H and O–H groups in total. The van der Waals surface area contributed by atoms with Crippen LogP contribution in [0.2, 0.25) is 0 Å². The lowest BCUT2D eigenvalue weighted by atomic mass is 9.82. The second-order valence-corrected chi connectivity index (χ2v) is 7.89.